The number of ether oxygens (including phenoxy) is 2. The summed E-state index contributed by atoms with van der Waals surface area (Å²) in [5.74, 6) is 0.200. The summed E-state index contributed by atoms with van der Waals surface area (Å²) in [7, 11) is 0. The molecule has 0 saturated heterocycles. The molecule has 0 bridgehead atoms. The van der Waals surface area contributed by atoms with Gasteiger partial charge in [0.2, 0.25) is 0 Å². The van der Waals surface area contributed by atoms with Crippen molar-refractivity contribution < 1.29 is 39.0 Å². The summed E-state index contributed by atoms with van der Waals surface area (Å²) in [5, 5.41) is 0. The maximum absolute atomic E-state index is 12.0. The number of benzene rings is 2. The van der Waals surface area contributed by atoms with E-state index in [2.05, 4.69) is 24.4 Å². The molecule has 7 heteroatoms. The molecule has 2 nitrogen and oxygen atoms in total. The van der Waals surface area contributed by atoms with E-state index in [1.165, 1.54) is 40.6 Å². The van der Waals surface area contributed by atoms with E-state index < -0.39 is 6.36 Å². The van der Waals surface area contributed by atoms with Crippen molar-refractivity contribution in [2.45, 2.75) is 13.0 Å². The predicted molar refractivity (Wildman–Crippen MR) is 71.7 cm³/mol. The standard InChI is InChI=1S/C14H10F3O2.BrH.Zn/c15-14(16,17)19-13-8-6-12(7-9-13)18-10-11-4-2-1-3-5-11;;/h1-2,4-9H,10H2;1H;/q-1;;+2/p-1. The van der Waals surface area contributed by atoms with E-state index >= 15 is 0 Å². The fourth-order valence-electron chi connectivity index (χ4n) is 1.42. The summed E-state index contributed by atoms with van der Waals surface area (Å²) >= 11 is 4.25. The maximum atomic E-state index is 12.0. The molecule has 0 unspecified atom stereocenters. The molecule has 2 aromatic rings. The van der Waals surface area contributed by atoms with Gasteiger partial charge in [0.1, 0.15) is 11.5 Å². The van der Waals surface area contributed by atoms with E-state index in [4.69, 9.17) is 4.74 Å². The van der Waals surface area contributed by atoms with Crippen LogP contribution in [0.4, 0.5) is 13.2 Å². The zero-order valence-corrected chi connectivity index (χ0v) is 15.4. The van der Waals surface area contributed by atoms with Crippen LogP contribution in [0.3, 0.4) is 0 Å². The van der Waals surface area contributed by atoms with Crippen molar-refractivity contribution >= 4 is 13.6 Å². The predicted octanol–water partition coefficient (Wildman–Crippen LogP) is 4.81. The third-order valence-corrected chi connectivity index (χ3v) is 2.23. The summed E-state index contributed by atoms with van der Waals surface area (Å²) in [6, 6.07) is 15.4. The first-order chi connectivity index (χ1) is 10.0. The molecule has 0 saturated carbocycles. The van der Waals surface area contributed by atoms with Crippen LogP contribution >= 0.6 is 13.6 Å². The molecule has 0 atom stereocenters. The molecule has 0 amide bonds. The van der Waals surface area contributed by atoms with Crippen molar-refractivity contribution in [1.82, 2.24) is 0 Å². The van der Waals surface area contributed by atoms with Gasteiger partial charge >= 0.3 is 36.3 Å². The Hall–Kier alpha value is -1.07. The fraction of sp³-hybridized carbons (Fsp3) is 0.143. The Morgan fingerprint density at radius 3 is 2.19 bits per heavy atom. The number of halogens is 4. The van der Waals surface area contributed by atoms with Crippen LogP contribution in [0.1, 0.15) is 5.56 Å². The quantitative estimate of drug-likeness (QED) is 0.530. The van der Waals surface area contributed by atoms with Crippen LogP contribution < -0.4 is 9.47 Å². The average molecular weight is 413 g/mol. The number of rotatable bonds is 4. The summed E-state index contributed by atoms with van der Waals surface area (Å²) in [4.78, 5) is 0. The Balaban J connectivity index is 0.00000106. The molecule has 0 aromatic heterocycles. The number of hydrogen-bond donors (Lipinski definition) is 0. The van der Waals surface area contributed by atoms with E-state index in [1.54, 1.807) is 12.1 Å². The zero-order valence-electron chi connectivity index (χ0n) is 10.9. The van der Waals surface area contributed by atoms with E-state index in [9.17, 15) is 13.2 Å². The van der Waals surface area contributed by atoms with Gasteiger partial charge < -0.3 is 9.47 Å². The SMILES string of the molecule is FC(F)(F)Oc1ccc(OCc2c[c-]ccc2)cc1.[Zn+][Br]. The van der Waals surface area contributed by atoms with Crippen LogP contribution in [-0.2, 0) is 22.9 Å². The molecule has 0 radical (unpaired) electrons. The van der Waals surface area contributed by atoms with Gasteiger partial charge in [0.15, 0.2) is 0 Å². The molecular formula is C14H10BrF3O2Zn. The van der Waals surface area contributed by atoms with Crippen LogP contribution in [0, 0.1) is 6.07 Å². The monoisotopic (exact) mass is 410 g/mol. The second-order valence-electron chi connectivity index (χ2n) is 3.72. The molecule has 21 heavy (non-hydrogen) atoms. The third kappa shape index (κ3) is 7.48. The number of alkyl halides is 3. The second-order valence-corrected chi connectivity index (χ2v) is 3.72. The van der Waals surface area contributed by atoms with Gasteiger partial charge in [-0.2, -0.15) is 30.3 Å². The van der Waals surface area contributed by atoms with Crippen molar-refractivity contribution in [3.63, 3.8) is 0 Å². The minimum atomic E-state index is -4.68. The summed E-state index contributed by atoms with van der Waals surface area (Å²) in [6.45, 7) is 0.330. The summed E-state index contributed by atoms with van der Waals surface area (Å²) in [6.07, 6.45) is -4.68. The molecule has 108 valence electrons. The van der Waals surface area contributed by atoms with E-state index in [1.807, 2.05) is 12.1 Å². The Kier molecular flexibility index (Phi) is 7.75. The van der Waals surface area contributed by atoms with Crippen molar-refractivity contribution in [2.75, 3.05) is 0 Å². The van der Waals surface area contributed by atoms with Gasteiger partial charge in [0.05, 0.1) is 6.61 Å². The average Bonchev–Trinajstić information content (AvgIpc) is 2.48. The van der Waals surface area contributed by atoms with Gasteiger partial charge in [0.25, 0.3) is 0 Å². The first kappa shape index (κ1) is 18.0. The molecule has 2 rings (SSSR count). The van der Waals surface area contributed by atoms with Gasteiger partial charge in [-0.15, -0.1) is 18.7 Å². The first-order valence-corrected chi connectivity index (χ1v) is 12.7. The Morgan fingerprint density at radius 1 is 1.05 bits per heavy atom. The van der Waals surface area contributed by atoms with Crippen LogP contribution in [0.5, 0.6) is 11.5 Å². The van der Waals surface area contributed by atoms with Crippen molar-refractivity contribution in [3.8, 4) is 11.5 Å². The van der Waals surface area contributed by atoms with Crippen molar-refractivity contribution in [3.05, 3.63) is 60.2 Å². The normalized spacial score (nSPS) is 10.4. The van der Waals surface area contributed by atoms with Gasteiger partial charge in [-0.25, -0.2) is 0 Å². The van der Waals surface area contributed by atoms with Gasteiger partial charge in [0, 0.05) is 0 Å². The summed E-state index contributed by atoms with van der Waals surface area (Å²) < 4.78 is 45.0. The molecular weight excluding hydrogens is 402 g/mol. The van der Waals surface area contributed by atoms with Crippen LogP contribution in [0.25, 0.3) is 0 Å². The van der Waals surface area contributed by atoms with E-state index in [0.717, 1.165) is 5.56 Å². The molecule has 0 N–H and O–H groups in total. The van der Waals surface area contributed by atoms with Crippen LogP contribution in [0.2, 0.25) is 0 Å². The Labute approximate surface area is 137 Å². The van der Waals surface area contributed by atoms with E-state index in [0.29, 0.717) is 12.4 Å². The Morgan fingerprint density at radius 2 is 1.67 bits per heavy atom. The second kappa shape index (κ2) is 9.05. The minimum absolute atomic E-state index is 0.270. The van der Waals surface area contributed by atoms with Crippen LogP contribution in [0.15, 0.2) is 48.5 Å². The molecule has 0 aliphatic heterocycles. The van der Waals surface area contributed by atoms with Crippen molar-refractivity contribution in [1.29, 1.82) is 0 Å². The number of hydrogen-bond acceptors (Lipinski definition) is 2. The van der Waals surface area contributed by atoms with Crippen LogP contribution in [-0.4, -0.2) is 6.36 Å². The Bertz CT molecular complexity index is 518. The molecule has 0 fully saturated rings. The summed E-state index contributed by atoms with van der Waals surface area (Å²) in [5.41, 5.74) is 0.929. The molecule has 0 spiro atoms. The van der Waals surface area contributed by atoms with Gasteiger partial charge in [-0.05, 0) is 24.3 Å². The van der Waals surface area contributed by atoms with Crippen molar-refractivity contribution in [2.24, 2.45) is 0 Å². The first-order valence-electron chi connectivity index (χ1n) is 5.73. The van der Waals surface area contributed by atoms with E-state index in [-0.39, 0.29) is 5.75 Å². The zero-order chi connectivity index (χ0) is 15.7. The molecule has 2 aromatic carbocycles. The topological polar surface area (TPSA) is 18.5 Å². The van der Waals surface area contributed by atoms with Gasteiger partial charge in [-0.3, -0.25) is 0 Å². The molecule has 0 heterocycles. The van der Waals surface area contributed by atoms with Gasteiger partial charge in [-0.1, -0.05) is 0 Å². The molecule has 0 aliphatic rings. The third-order valence-electron chi connectivity index (χ3n) is 2.23. The molecule has 0 aliphatic carbocycles. The fourth-order valence-corrected chi connectivity index (χ4v) is 1.42.